The largest absolute Gasteiger partial charge is 0.454 e. The first-order valence-electron chi connectivity index (χ1n) is 8.76. The molecule has 1 aliphatic rings. The van der Waals surface area contributed by atoms with Crippen LogP contribution in [0.5, 0.6) is 11.5 Å². The van der Waals surface area contributed by atoms with E-state index in [4.69, 9.17) is 4.74 Å². The van der Waals surface area contributed by atoms with Gasteiger partial charge in [0.05, 0.1) is 11.3 Å². The second-order valence-electron chi connectivity index (χ2n) is 6.27. The van der Waals surface area contributed by atoms with E-state index in [1.165, 1.54) is 5.56 Å². The van der Waals surface area contributed by atoms with Crippen molar-refractivity contribution in [3.63, 3.8) is 0 Å². The first-order chi connectivity index (χ1) is 13.1. The van der Waals surface area contributed by atoms with Gasteiger partial charge in [-0.1, -0.05) is 31.2 Å². The Labute approximate surface area is 157 Å². The minimum absolute atomic E-state index is 0.226. The number of fused-ring (bicyclic) bond motifs is 2. The number of carbonyl (C=O) groups is 2. The predicted molar refractivity (Wildman–Crippen MR) is 105 cm³/mol. The number of benzene rings is 3. The highest BCUT2D eigenvalue weighted by atomic mass is 16.5. The normalized spacial score (nSPS) is 12.1. The van der Waals surface area contributed by atoms with Crippen molar-refractivity contribution in [2.24, 2.45) is 0 Å². The number of ether oxygens (including phenoxy) is 1. The lowest BCUT2D eigenvalue weighted by Gasteiger charge is -2.10. The number of rotatable bonds is 3. The molecule has 2 amide bonds. The summed E-state index contributed by atoms with van der Waals surface area (Å²) in [6, 6.07) is 19.7. The Bertz CT molecular complexity index is 1030. The topological polar surface area (TPSA) is 67.4 Å². The Balaban J connectivity index is 1.58. The smallest absolute Gasteiger partial charge is 0.259 e. The second-order valence-corrected chi connectivity index (χ2v) is 6.27. The molecule has 1 heterocycles. The Hall–Kier alpha value is -3.60. The van der Waals surface area contributed by atoms with Crippen LogP contribution in [-0.2, 0) is 6.42 Å². The van der Waals surface area contributed by atoms with Crippen LogP contribution in [0.4, 0.5) is 11.4 Å². The Morgan fingerprint density at radius 2 is 1.78 bits per heavy atom. The minimum Gasteiger partial charge on any atom is -0.454 e. The molecule has 0 bridgehead atoms. The molecule has 0 spiro atoms. The zero-order valence-electron chi connectivity index (χ0n) is 14.8. The zero-order valence-corrected chi connectivity index (χ0v) is 14.8. The maximum atomic E-state index is 12.5. The van der Waals surface area contributed by atoms with Crippen molar-refractivity contribution < 1.29 is 14.3 Å². The lowest BCUT2D eigenvalue weighted by molar-refractivity contribution is 0.101. The molecule has 0 fully saturated rings. The van der Waals surface area contributed by atoms with Crippen LogP contribution in [-0.4, -0.2) is 11.8 Å². The van der Waals surface area contributed by atoms with Crippen LogP contribution in [0.1, 0.15) is 33.2 Å². The lowest BCUT2D eigenvalue weighted by atomic mass is 10.1. The average Bonchev–Trinajstić information content (AvgIpc) is 2.84. The van der Waals surface area contributed by atoms with Crippen LogP contribution >= 0.6 is 0 Å². The van der Waals surface area contributed by atoms with Gasteiger partial charge in [-0.3, -0.25) is 9.59 Å². The van der Waals surface area contributed by atoms with Gasteiger partial charge >= 0.3 is 0 Å². The molecule has 0 aliphatic carbocycles. The predicted octanol–water partition coefficient (Wildman–Crippen LogP) is 4.86. The van der Waals surface area contributed by atoms with Crippen molar-refractivity contribution in [1.82, 2.24) is 0 Å². The monoisotopic (exact) mass is 358 g/mol. The molecule has 27 heavy (non-hydrogen) atoms. The quantitative estimate of drug-likeness (QED) is 0.703. The fourth-order valence-corrected chi connectivity index (χ4v) is 2.94. The van der Waals surface area contributed by atoms with Crippen LogP contribution in [0.3, 0.4) is 0 Å². The number of hydrogen-bond acceptors (Lipinski definition) is 3. The summed E-state index contributed by atoms with van der Waals surface area (Å²) in [5, 5.41) is 5.66. The Morgan fingerprint density at radius 1 is 1.00 bits per heavy atom. The summed E-state index contributed by atoms with van der Waals surface area (Å²) in [6.45, 7) is 2.07. The van der Waals surface area contributed by atoms with Gasteiger partial charge in [-0.05, 0) is 54.4 Å². The van der Waals surface area contributed by atoms with Gasteiger partial charge in [0.25, 0.3) is 11.8 Å². The standard InChI is InChI=1S/C22H18N2O3/c1-2-14-7-9-15(10-8-14)21(25)23-16-11-12-19-17(13-16)22(26)24-18-5-3-4-6-20(18)27-19/h3-13H,2H2,1H3,(H,23,25)(H,24,26). The minimum atomic E-state index is -0.279. The molecule has 5 heteroatoms. The van der Waals surface area contributed by atoms with E-state index in [9.17, 15) is 9.59 Å². The van der Waals surface area contributed by atoms with Gasteiger partial charge in [0, 0.05) is 11.3 Å². The molecule has 0 saturated carbocycles. The maximum Gasteiger partial charge on any atom is 0.259 e. The number of nitrogens with one attached hydrogen (secondary N) is 2. The first kappa shape index (κ1) is 16.8. The van der Waals surface area contributed by atoms with Crippen molar-refractivity contribution in [3.8, 4) is 11.5 Å². The molecule has 4 rings (SSSR count). The van der Waals surface area contributed by atoms with Crippen LogP contribution in [0.15, 0.2) is 66.7 Å². The third kappa shape index (κ3) is 3.40. The van der Waals surface area contributed by atoms with E-state index >= 15 is 0 Å². The van der Waals surface area contributed by atoms with E-state index in [1.807, 2.05) is 24.3 Å². The number of para-hydroxylation sites is 2. The van der Waals surface area contributed by atoms with Gasteiger partial charge in [0.2, 0.25) is 0 Å². The number of anilines is 2. The van der Waals surface area contributed by atoms with Gasteiger partial charge in [-0.2, -0.15) is 0 Å². The van der Waals surface area contributed by atoms with Crippen LogP contribution < -0.4 is 15.4 Å². The molecule has 2 N–H and O–H groups in total. The van der Waals surface area contributed by atoms with Gasteiger partial charge in [-0.25, -0.2) is 0 Å². The summed E-state index contributed by atoms with van der Waals surface area (Å²) in [6.07, 6.45) is 0.921. The van der Waals surface area contributed by atoms with E-state index in [0.29, 0.717) is 34.0 Å². The van der Waals surface area contributed by atoms with Crippen LogP contribution in [0, 0.1) is 0 Å². The molecule has 134 valence electrons. The van der Waals surface area contributed by atoms with Crippen molar-refractivity contribution in [3.05, 3.63) is 83.4 Å². The van der Waals surface area contributed by atoms with E-state index in [1.54, 1.807) is 42.5 Å². The fourth-order valence-electron chi connectivity index (χ4n) is 2.94. The van der Waals surface area contributed by atoms with E-state index < -0.39 is 0 Å². The summed E-state index contributed by atoms with van der Waals surface area (Å²) < 4.78 is 5.85. The fraction of sp³-hybridized carbons (Fsp3) is 0.0909. The molecule has 0 radical (unpaired) electrons. The molecular weight excluding hydrogens is 340 g/mol. The lowest BCUT2D eigenvalue weighted by Crippen LogP contribution is -2.14. The molecule has 1 aliphatic heterocycles. The van der Waals surface area contributed by atoms with Crippen molar-refractivity contribution in [2.75, 3.05) is 10.6 Å². The van der Waals surface area contributed by atoms with Gasteiger partial charge < -0.3 is 15.4 Å². The Kier molecular flexibility index (Phi) is 4.34. The molecule has 3 aromatic carbocycles. The van der Waals surface area contributed by atoms with Crippen molar-refractivity contribution in [1.29, 1.82) is 0 Å². The third-order valence-electron chi connectivity index (χ3n) is 4.46. The summed E-state index contributed by atoms with van der Waals surface area (Å²) in [4.78, 5) is 25.0. The molecule has 0 aromatic heterocycles. The summed E-state index contributed by atoms with van der Waals surface area (Å²) >= 11 is 0. The van der Waals surface area contributed by atoms with Gasteiger partial charge in [0.1, 0.15) is 5.75 Å². The summed E-state index contributed by atoms with van der Waals surface area (Å²) in [7, 11) is 0. The van der Waals surface area contributed by atoms with Crippen LogP contribution in [0.2, 0.25) is 0 Å². The molecule has 0 saturated heterocycles. The average molecular weight is 358 g/mol. The number of amides is 2. The SMILES string of the molecule is CCc1ccc(C(=O)Nc2ccc3c(c2)C(=O)Nc2ccccc2O3)cc1. The van der Waals surface area contributed by atoms with E-state index in [-0.39, 0.29) is 11.8 Å². The molecule has 0 atom stereocenters. The van der Waals surface area contributed by atoms with Crippen LogP contribution in [0.25, 0.3) is 0 Å². The third-order valence-corrected chi connectivity index (χ3v) is 4.46. The molecular formula is C22H18N2O3. The summed E-state index contributed by atoms with van der Waals surface area (Å²) in [5.41, 5.74) is 3.24. The van der Waals surface area contributed by atoms with E-state index in [0.717, 1.165) is 6.42 Å². The van der Waals surface area contributed by atoms with E-state index in [2.05, 4.69) is 17.6 Å². The highest BCUT2D eigenvalue weighted by molar-refractivity contribution is 6.10. The summed E-state index contributed by atoms with van der Waals surface area (Å²) in [5.74, 6) is 0.523. The van der Waals surface area contributed by atoms with Gasteiger partial charge in [0.15, 0.2) is 5.75 Å². The van der Waals surface area contributed by atoms with Crippen molar-refractivity contribution >= 4 is 23.2 Å². The second kappa shape index (κ2) is 6.96. The maximum absolute atomic E-state index is 12.5. The van der Waals surface area contributed by atoms with Crippen molar-refractivity contribution in [2.45, 2.75) is 13.3 Å². The molecule has 3 aromatic rings. The highest BCUT2D eigenvalue weighted by Gasteiger charge is 2.21. The number of carbonyl (C=O) groups excluding carboxylic acids is 2. The van der Waals surface area contributed by atoms with Gasteiger partial charge in [-0.15, -0.1) is 0 Å². The number of hydrogen-bond donors (Lipinski definition) is 2. The number of aryl methyl sites for hydroxylation is 1. The zero-order chi connectivity index (χ0) is 18.8. The first-order valence-corrected chi connectivity index (χ1v) is 8.76. The Morgan fingerprint density at radius 3 is 2.56 bits per heavy atom. The molecule has 5 nitrogen and oxygen atoms in total. The molecule has 0 unspecified atom stereocenters. The highest BCUT2D eigenvalue weighted by Crippen LogP contribution is 2.36.